The van der Waals surface area contributed by atoms with E-state index in [2.05, 4.69) is 39.8 Å². The van der Waals surface area contributed by atoms with Crippen LogP contribution in [0.4, 0.5) is 0 Å². The Balaban J connectivity index is 3.86. The van der Waals surface area contributed by atoms with Crippen molar-refractivity contribution in [2.45, 2.75) is 46.5 Å². The van der Waals surface area contributed by atoms with Crippen LogP contribution in [-0.2, 0) is 0 Å². The van der Waals surface area contributed by atoms with Crippen LogP contribution >= 0.6 is 0 Å². The van der Waals surface area contributed by atoms with Gasteiger partial charge in [-0.25, -0.2) is 0 Å². The third-order valence-electron chi connectivity index (χ3n) is 2.18. The Hall–Kier alpha value is -0.520. The summed E-state index contributed by atoms with van der Waals surface area (Å²) in [6.45, 7) is 10.5. The van der Waals surface area contributed by atoms with Crippen LogP contribution in [0.5, 0.6) is 0 Å². The van der Waals surface area contributed by atoms with Gasteiger partial charge in [-0.15, -0.1) is 0 Å². The van der Waals surface area contributed by atoms with Gasteiger partial charge in [0, 0.05) is 0 Å². The summed E-state index contributed by atoms with van der Waals surface area (Å²) < 4.78 is 0. The van der Waals surface area contributed by atoms with Gasteiger partial charge in [-0.2, -0.15) is 0 Å². The second-order valence-corrected chi connectivity index (χ2v) is 3.02. The molecular weight excluding hydrogens is 144 g/mol. The molecule has 0 heterocycles. The Bertz CT molecular complexity index is 155. The molecule has 69 valence electrons. The molecule has 0 aliphatic carbocycles. The van der Waals surface area contributed by atoms with E-state index in [9.17, 15) is 0 Å². The maximum Gasteiger partial charge on any atom is -0.0164 e. The van der Waals surface area contributed by atoms with E-state index in [1.54, 1.807) is 5.57 Å². The Morgan fingerprint density at radius 2 is 1.58 bits per heavy atom. The Morgan fingerprint density at radius 1 is 1.00 bits per heavy atom. The summed E-state index contributed by atoms with van der Waals surface area (Å²) >= 11 is 0. The normalized spacial score (nSPS) is 11.5. The molecule has 0 spiro atoms. The zero-order valence-electron chi connectivity index (χ0n) is 8.69. The molecular formula is C12H21. The monoisotopic (exact) mass is 165 g/mol. The van der Waals surface area contributed by atoms with E-state index in [0.29, 0.717) is 0 Å². The standard InChI is InChI=1S/C12H21/c1-5-11(4)9-8-10-12(6-2)7-3/h9-10H,4-8H2,1-3H3. The number of allylic oxidation sites excluding steroid dienone is 4. The van der Waals surface area contributed by atoms with Crippen molar-refractivity contribution in [3.8, 4) is 0 Å². The minimum atomic E-state index is 1.06. The molecule has 0 N–H and O–H groups in total. The summed E-state index contributed by atoms with van der Waals surface area (Å²) in [5.41, 5.74) is 2.80. The quantitative estimate of drug-likeness (QED) is 0.533. The van der Waals surface area contributed by atoms with E-state index in [-0.39, 0.29) is 0 Å². The van der Waals surface area contributed by atoms with Gasteiger partial charge in [0.25, 0.3) is 0 Å². The van der Waals surface area contributed by atoms with Crippen LogP contribution in [0, 0.1) is 6.92 Å². The average molecular weight is 165 g/mol. The molecule has 0 amide bonds. The van der Waals surface area contributed by atoms with Crippen molar-refractivity contribution in [1.82, 2.24) is 0 Å². The third-order valence-corrected chi connectivity index (χ3v) is 2.18. The highest BCUT2D eigenvalue weighted by Gasteiger charge is 1.87. The molecule has 0 saturated heterocycles. The summed E-state index contributed by atoms with van der Waals surface area (Å²) in [6.07, 6.45) is 9.03. The highest BCUT2D eigenvalue weighted by molar-refractivity contribution is 5.10. The lowest BCUT2D eigenvalue weighted by atomic mass is 10.1. The second kappa shape index (κ2) is 7.15. The SMILES string of the molecule is [CH2]C(=CCC=C(CC)CC)CC. The van der Waals surface area contributed by atoms with Gasteiger partial charge in [-0.05, 0) is 32.6 Å². The van der Waals surface area contributed by atoms with E-state index in [1.807, 2.05) is 0 Å². The van der Waals surface area contributed by atoms with E-state index in [0.717, 1.165) is 12.8 Å². The first-order valence-corrected chi connectivity index (χ1v) is 4.93. The molecule has 0 fully saturated rings. The first kappa shape index (κ1) is 11.5. The molecule has 0 nitrogen and oxygen atoms in total. The van der Waals surface area contributed by atoms with Crippen LogP contribution in [0.15, 0.2) is 23.3 Å². The lowest BCUT2D eigenvalue weighted by Crippen LogP contribution is -1.77. The average Bonchev–Trinajstić information content (AvgIpc) is 2.12. The maximum atomic E-state index is 3.94. The van der Waals surface area contributed by atoms with Gasteiger partial charge in [0.2, 0.25) is 0 Å². The smallest absolute Gasteiger partial charge is 0.0164 e. The van der Waals surface area contributed by atoms with E-state index in [1.165, 1.54) is 18.4 Å². The molecule has 0 aliphatic rings. The van der Waals surface area contributed by atoms with Gasteiger partial charge < -0.3 is 0 Å². The molecule has 0 heteroatoms. The first-order valence-electron chi connectivity index (χ1n) is 4.93. The Morgan fingerprint density at radius 3 is 2.00 bits per heavy atom. The highest BCUT2D eigenvalue weighted by atomic mass is 13.9. The van der Waals surface area contributed by atoms with Crippen molar-refractivity contribution in [3.63, 3.8) is 0 Å². The van der Waals surface area contributed by atoms with Crippen molar-refractivity contribution in [3.05, 3.63) is 30.2 Å². The molecule has 0 bridgehead atoms. The van der Waals surface area contributed by atoms with Crippen LogP contribution < -0.4 is 0 Å². The van der Waals surface area contributed by atoms with Crippen molar-refractivity contribution < 1.29 is 0 Å². The Labute approximate surface area is 77.4 Å². The van der Waals surface area contributed by atoms with Gasteiger partial charge in [0.15, 0.2) is 0 Å². The Kier molecular flexibility index (Phi) is 6.84. The van der Waals surface area contributed by atoms with Crippen molar-refractivity contribution in [2.75, 3.05) is 0 Å². The maximum absolute atomic E-state index is 3.94. The highest BCUT2D eigenvalue weighted by Crippen LogP contribution is 2.08. The van der Waals surface area contributed by atoms with Gasteiger partial charge >= 0.3 is 0 Å². The lowest BCUT2D eigenvalue weighted by Gasteiger charge is -1.98. The topological polar surface area (TPSA) is 0 Å². The van der Waals surface area contributed by atoms with Crippen molar-refractivity contribution in [1.29, 1.82) is 0 Å². The van der Waals surface area contributed by atoms with Crippen molar-refractivity contribution in [2.24, 2.45) is 0 Å². The molecule has 0 unspecified atom stereocenters. The van der Waals surface area contributed by atoms with Crippen LogP contribution in [0.3, 0.4) is 0 Å². The predicted molar refractivity (Wildman–Crippen MR) is 57.0 cm³/mol. The van der Waals surface area contributed by atoms with Gasteiger partial charge in [-0.1, -0.05) is 44.1 Å². The third kappa shape index (κ3) is 5.17. The van der Waals surface area contributed by atoms with Crippen LogP contribution in [0.2, 0.25) is 0 Å². The molecule has 0 aromatic heterocycles. The molecule has 0 saturated carbocycles. The summed E-state index contributed by atoms with van der Waals surface area (Å²) in [7, 11) is 0. The summed E-state index contributed by atoms with van der Waals surface area (Å²) in [5, 5.41) is 0. The van der Waals surface area contributed by atoms with Crippen LogP contribution in [0.25, 0.3) is 0 Å². The number of rotatable bonds is 5. The zero-order chi connectivity index (χ0) is 9.40. The first-order chi connectivity index (χ1) is 5.74. The molecule has 0 aromatic carbocycles. The predicted octanol–water partition coefficient (Wildman–Crippen LogP) is 4.29. The lowest BCUT2D eigenvalue weighted by molar-refractivity contribution is 0.962. The molecule has 0 atom stereocenters. The summed E-state index contributed by atoms with van der Waals surface area (Å²) in [6, 6.07) is 0. The van der Waals surface area contributed by atoms with Gasteiger partial charge in [0.1, 0.15) is 0 Å². The largest absolute Gasteiger partial charge is 0.0816 e. The van der Waals surface area contributed by atoms with E-state index < -0.39 is 0 Å². The second-order valence-electron chi connectivity index (χ2n) is 3.02. The fourth-order valence-corrected chi connectivity index (χ4v) is 1.08. The summed E-state index contributed by atoms with van der Waals surface area (Å²) in [4.78, 5) is 0. The number of hydrogen-bond donors (Lipinski definition) is 0. The molecule has 12 heavy (non-hydrogen) atoms. The minimum absolute atomic E-state index is 1.06. The minimum Gasteiger partial charge on any atom is -0.0816 e. The molecule has 0 rings (SSSR count). The van der Waals surface area contributed by atoms with Crippen molar-refractivity contribution >= 4 is 0 Å². The van der Waals surface area contributed by atoms with E-state index in [4.69, 9.17) is 0 Å². The van der Waals surface area contributed by atoms with E-state index >= 15 is 0 Å². The van der Waals surface area contributed by atoms with Crippen LogP contribution in [0.1, 0.15) is 46.5 Å². The molecule has 1 radical (unpaired) electrons. The number of hydrogen-bond acceptors (Lipinski definition) is 0. The summed E-state index contributed by atoms with van der Waals surface area (Å²) in [5.74, 6) is 0. The van der Waals surface area contributed by atoms with Gasteiger partial charge in [-0.3, -0.25) is 0 Å². The molecule has 0 aliphatic heterocycles. The zero-order valence-corrected chi connectivity index (χ0v) is 8.69. The fourth-order valence-electron chi connectivity index (χ4n) is 1.08. The fraction of sp³-hybridized carbons (Fsp3) is 0.583. The van der Waals surface area contributed by atoms with Gasteiger partial charge in [0.05, 0.1) is 0 Å². The van der Waals surface area contributed by atoms with Crippen LogP contribution in [-0.4, -0.2) is 0 Å². The molecule has 0 aromatic rings.